The molecule has 0 heterocycles. The average molecular weight is 291 g/mol. The van der Waals surface area contributed by atoms with Crippen LogP contribution in [0.2, 0.25) is 0 Å². The topological polar surface area (TPSA) is 26.3 Å². The second kappa shape index (κ2) is 14.2. The highest BCUT2D eigenvalue weighted by atomic mass is 35.5. The third kappa shape index (κ3) is 14.0. The molecule has 0 saturated carbocycles. The summed E-state index contributed by atoms with van der Waals surface area (Å²) < 4.78 is 5.24. The van der Waals surface area contributed by atoms with Crippen LogP contribution in [0.1, 0.15) is 84.5 Å². The molecule has 2 nitrogen and oxygen atoms in total. The second-order valence-electron chi connectivity index (χ2n) is 5.36. The molecule has 0 fully saturated rings. The average Bonchev–Trinajstić information content (AvgIpc) is 2.37. The Morgan fingerprint density at radius 3 is 2.05 bits per heavy atom. The molecule has 114 valence electrons. The van der Waals surface area contributed by atoms with Crippen molar-refractivity contribution in [3.63, 3.8) is 0 Å². The predicted octanol–water partition coefficient (Wildman–Crippen LogP) is 5.47. The van der Waals surface area contributed by atoms with Crippen LogP contribution < -0.4 is 0 Å². The first-order chi connectivity index (χ1) is 9.20. The van der Waals surface area contributed by atoms with Crippen LogP contribution in [-0.2, 0) is 9.53 Å². The number of unbranched alkanes of at least 4 members (excludes halogenated alkanes) is 8. The van der Waals surface area contributed by atoms with E-state index in [1.54, 1.807) is 0 Å². The summed E-state index contributed by atoms with van der Waals surface area (Å²) in [6.45, 7) is 4.14. The van der Waals surface area contributed by atoms with Gasteiger partial charge in [0.25, 0.3) is 0 Å². The Kier molecular flexibility index (Phi) is 14.0. The number of halogens is 1. The minimum absolute atomic E-state index is 0.0384. The maximum Gasteiger partial charge on any atom is 0.306 e. The molecule has 19 heavy (non-hydrogen) atoms. The Bertz CT molecular complexity index is 207. The van der Waals surface area contributed by atoms with Crippen LogP contribution in [0.25, 0.3) is 0 Å². The van der Waals surface area contributed by atoms with Gasteiger partial charge in [-0.05, 0) is 19.8 Å². The Balaban J connectivity index is 3.23. The molecule has 1 unspecified atom stereocenters. The van der Waals surface area contributed by atoms with Crippen LogP contribution in [0, 0.1) is 0 Å². The van der Waals surface area contributed by atoms with Gasteiger partial charge in [-0.15, -0.1) is 11.6 Å². The monoisotopic (exact) mass is 290 g/mol. The third-order valence-electron chi connectivity index (χ3n) is 3.33. The summed E-state index contributed by atoms with van der Waals surface area (Å²) in [5.74, 6) is 0.479. The molecule has 0 bridgehead atoms. The molecule has 3 heteroatoms. The van der Waals surface area contributed by atoms with Crippen molar-refractivity contribution in [2.45, 2.75) is 90.6 Å². The molecule has 0 amide bonds. The van der Waals surface area contributed by atoms with Gasteiger partial charge in [-0.3, -0.25) is 4.79 Å². The first-order valence-electron chi connectivity index (χ1n) is 7.96. The molecule has 0 spiro atoms. The standard InChI is InChI=1S/C16H31ClO2/c1-3-4-5-6-7-8-9-10-11-12-16(18)19-15(2)13-14-17/h15H,3-14H2,1-2H3. The molecule has 0 N–H and O–H groups in total. The van der Waals surface area contributed by atoms with E-state index >= 15 is 0 Å². The molecule has 0 saturated heterocycles. The van der Waals surface area contributed by atoms with E-state index in [0.717, 1.165) is 19.3 Å². The molecule has 0 aliphatic rings. The lowest BCUT2D eigenvalue weighted by molar-refractivity contribution is -0.148. The smallest absolute Gasteiger partial charge is 0.306 e. The lowest BCUT2D eigenvalue weighted by Gasteiger charge is -2.11. The van der Waals surface area contributed by atoms with E-state index in [1.165, 1.54) is 44.9 Å². The fourth-order valence-electron chi connectivity index (χ4n) is 2.08. The normalized spacial score (nSPS) is 12.4. The van der Waals surface area contributed by atoms with Gasteiger partial charge in [0.15, 0.2) is 0 Å². The Labute approximate surface area is 124 Å². The molecular formula is C16H31ClO2. The fraction of sp³-hybridized carbons (Fsp3) is 0.938. The number of ether oxygens (including phenoxy) is 1. The quantitative estimate of drug-likeness (QED) is 0.255. The molecule has 0 aliphatic carbocycles. The highest BCUT2D eigenvalue weighted by Crippen LogP contribution is 2.11. The molecule has 0 aliphatic heterocycles. The number of alkyl halides is 1. The summed E-state index contributed by atoms with van der Waals surface area (Å²) in [6.07, 6.45) is 12.7. The van der Waals surface area contributed by atoms with Crippen LogP contribution in [0.15, 0.2) is 0 Å². The van der Waals surface area contributed by atoms with Gasteiger partial charge in [-0.1, -0.05) is 58.3 Å². The minimum Gasteiger partial charge on any atom is -0.463 e. The van der Waals surface area contributed by atoms with Crippen molar-refractivity contribution in [1.29, 1.82) is 0 Å². The summed E-state index contributed by atoms with van der Waals surface area (Å²) in [4.78, 5) is 11.5. The van der Waals surface area contributed by atoms with Gasteiger partial charge in [-0.25, -0.2) is 0 Å². The minimum atomic E-state index is -0.0689. The van der Waals surface area contributed by atoms with Crippen molar-refractivity contribution in [3.8, 4) is 0 Å². The van der Waals surface area contributed by atoms with E-state index in [2.05, 4.69) is 6.92 Å². The van der Waals surface area contributed by atoms with Gasteiger partial charge in [0.05, 0.1) is 0 Å². The Hall–Kier alpha value is -0.240. The fourth-order valence-corrected chi connectivity index (χ4v) is 2.38. The van der Waals surface area contributed by atoms with E-state index in [0.29, 0.717) is 12.3 Å². The van der Waals surface area contributed by atoms with E-state index in [4.69, 9.17) is 16.3 Å². The SMILES string of the molecule is CCCCCCCCCCCC(=O)OC(C)CCCl. The van der Waals surface area contributed by atoms with Crippen molar-refractivity contribution >= 4 is 17.6 Å². The van der Waals surface area contributed by atoms with E-state index in [1.807, 2.05) is 6.92 Å². The summed E-state index contributed by atoms with van der Waals surface area (Å²) in [7, 11) is 0. The first kappa shape index (κ1) is 18.8. The summed E-state index contributed by atoms with van der Waals surface area (Å²) in [5.41, 5.74) is 0. The molecule has 0 rings (SSSR count). The maximum absolute atomic E-state index is 11.5. The number of esters is 1. The summed E-state index contributed by atoms with van der Waals surface area (Å²) >= 11 is 5.60. The molecule has 0 aromatic heterocycles. The number of hydrogen-bond acceptors (Lipinski definition) is 2. The Morgan fingerprint density at radius 1 is 1.00 bits per heavy atom. The zero-order valence-corrected chi connectivity index (χ0v) is 13.5. The van der Waals surface area contributed by atoms with Gasteiger partial charge in [0.1, 0.15) is 6.10 Å². The highest BCUT2D eigenvalue weighted by Gasteiger charge is 2.08. The number of rotatable bonds is 13. The zero-order valence-electron chi connectivity index (χ0n) is 12.8. The highest BCUT2D eigenvalue weighted by molar-refractivity contribution is 6.17. The number of hydrogen-bond donors (Lipinski definition) is 0. The van der Waals surface area contributed by atoms with Crippen molar-refractivity contribution in [1.82, 2.24) is 0 Å². The second-order valence-corrected chi connectivity index (χ2v) is 5.73. The Morgan fingerprint density at radius 2 is 1.53 bits per heavy atom. The largest absolute Gasteiger partial charge is 0.463 e. The summed E-state index contributed by atoms with van der Waals surface area (Å²) in [6, 6.07) is 0. The van der Waals surface area contributed by atoms with Crippen molar-refractivity contribution in [2.24, 2.45) is 0 Å². The van der Waals surface area contributed by atoms with Crippen molar-refractivity contribution in [2.75, 3.05) is 5.88 Å². The molecule has 0 aromatic carbocycles. The van der Waals surface area contributed by atoms with E-state index in [9.17, 15) is 4.79 Å². The van der Waals surface area contributed by atoms with Gasteiger partial charge >= 0.3 is 5.97 Å². The van der Waals surface area contributed by atoms with E-state index in [-0.39, 0.29) is 12.1 Å². The number of carbonyl (C=O) groups is 1. The van der Waals surface area contributed by atoms with Gasteiger partial charge in [0, 0.05) is 12.3 Å². The van der Waals surface area contributed by atoms with Crippen LogP contribution in [0.5, 0.6) is 0 Å². The molecular weight excluding hydrogens is 260 g/mol. The van der Waals surface area contributed by atoms with Crippen LogP contribution >= 0.6 is 11.6 Å². The first-order valence-corrected chi connectivity index (χ1v) is 8.49. The predicted molar refractivity (Wildman–Crippen MR) is 82.7 cm³/mol. The molecule has 1 atom stereocenters. The van der Waals surface area contributed by atoms with Crippen molar-refractivity contribution in [3.05, 3.63) is 0 Å². The van der Waals surface area contributed by atoms with E-state index < -0.39 is 0 Å². The van der Waals surface area contributed by atoms with Crippen LogP contribution in [-0.4, -0.2) is 18.0 Å². The van der Waals surface area contributed by atoms with Gasteiger partial charge < -0.3 is 4.74 Å². The molecule has 0 aromatic rings. The van der Waals surface area contributed by atoms with Crippen LogP contribution in [0.4, 0.5) is 0 Å². The zero-order chi connectivity index (χ0) is 14.3. The third-order valence-corrected chi connectivity index (χ3v) is 3.55. The summed E-state index contributed by atoms with van der Waals surface area (Å²) in [5, 5.41) is 0. The molecule has 0 radical (unpaired) electrons. The van der Waals surface area contributed by atoms with Crippen molar-refractivity contribution < 1.29 is 9.53 Å². The van der Waals surface area contributed by atoms with Crippen LogP contribution in [0.3, 0.4) is 0 Å². The lowest BCUT2D eigenvalue weighted by Crippen LogP contribution is -2.15. The lowest BCUT2D eigenvalue weighted by atomic mass is 10.1. The van der Waals surface area contributed by atoms with Gasteiger partial charge in [0.2, 0.25) is 0 Å². The van der Waals surface area contributed by atoms with Gasteiger partial charge in [-0.2, -0.15) is 0 Å². The number of carbonyl (C=O) groups excluding carboxylic acids is 1. The maximum atomic E-state index is 11.5.